The molecule has 3 aromatic carbocycles. The summed E-state index contributed by atoms with van der Waals surface area (Å²) in [7, 11) is -2.61. The van der Waals surface area contributed by atoms with E-state index in [-0.39, 0.29) is 24.3 Å². The Hall–Kier alpha value is -3.96. The number of rotatable bonds is 11. The van der Waals surface area contributed by atoms with Gasteiger partial charge in [-0.3, -0.25) is 24.0 Å². The lowest BCUT2D eigenvalue weighted by Gasteiger charge is -2.33. The summed E-state index contributed by atoms with van der Waals surface area (Å²) in [6.07, 6.45) is 1.07. The number of aryl methyl sites for hydroxylation is 1. The minimum atomic E-state index is -4.07. The van der Waals surface area contributed by atoms with Gasteiger partial charge in [0.25, 0.3) is 5.69 Å². The third-order valence-corrected chi connectivity index (χ3v) is 7.66. The van der Waals surface area contributed by atoms with Crippen molar-refractivity contribution in [2.24, 2.45) is 0 Å². The molecule has 0 saturated carbocycles. The summed E-state index contributed by atoms with van der Waals surface area (Å²) >= 11 is 6.38. The molecule has 12 heteroatoms. The van der Waals surface area contributed by atoms with Crippen LogP contribution in [0.15, 0.2) is 72.8 Å². The number of sulfonamides is 1. The van der Waals surface area contributed by atoms with Crippen molar-refractivity contribution in [3.05, 3.63) is 105 Å². The monoisotopic (exact) mass is 572 g/mol. The molecule has 1 N–H and O–H groups in total. The molecule has 0 bridgehead atoms. The van der Waals surface area contributed by atoms with Gasteiger partial charge in [-0.1, -0.05) is 66.2 Å². The van der Waals surface area contributed by atoms with Crippen LogP contribution in [0.3, 0.4) is 0 Å². The fourth-order valence-electron chi connectivity index (χ4n) is 4.11. The summed E-state index contributed by atoms with van der Waals surface area (Å²) in [5.41, 5.74) is 1.45. The number of anilines is 1. The number of likely N-dealkylation sites (N-methyl/N-ethyl adjacent to an activating group) is 1. The van der Waals surface area contributed by atoms with E-state index in [9.17, 15) is 28.1 Å². The normalized spacial score (nSPS) is 11.9. The van der Waals surface area contributed by atoms with Crippen molar-refractivity contribution in [2.45, 2.75) is 25.9 Å². The molecule has 0 spiro atoms. The Labute approximate surface area is 232 Å². The average molecular weight is 573 g/mol. The number of nitrogens with one attached hydrogen (secondary N) is 1. The molecule has 3 rings (SSSR count). The molecule has 2 amide bonds. The summed E-state index contributed by atoms with van der Waals surface area (Å²) in [5.74, 6) is -1.13. The molecule has 0 aromatic heterocycles. The van der Waals surface area contributed by atoms with Crippen LogP contribution in [0.2, 0.25) is 5.02 Å². The smallest absolute Gasteiger partial charge is 0.271 e. The number of nitro groups is 1. The molecular weight excluding hydrogens is 544 g/mol. The van der Waals surface area contributed by atoms with E-state index in [0.717, 1.165) is 22.2 Å². The van der Waals surface area contributed by atoms with E-state index in [1.54, 1.807) is 31.2 Å². The second-order valence-electron chi connectivity index (χ2n) is 8.93. The molecule has 1 unspecified atom stereocenters. The maximum Gasteiger partial charge on any atom is 0.271 e. The van der Waals surface area contributed by atoms with Gasteiger partial charge in [0.15, 0.2) is 0 Å². The predicted molar refractivity (Wildman–Crippen MR) is 150 cm³/mol. The van der Waals surface area contributed by atoms with Crippen LogP contribution in [-0.2, 0) is 32.6 Å². The van der Waals surface area contributed by atoms with Crippen molar-refractivity contribution in [3.8, 4) is 0 Å². The van der Waals surface area contributed by atoms with Gasteiger partial charge in [0, 0.05) is 37.2 Å². The van der Waals surface area contributed by atoms with Crippen LogP contribution in [0, 0.1) is 17.0 Å². The molecule has 206 valence electrons. The second-order valence-corrected chi connectivity index (χ2v) is 11.2. The number of amides is 2. The van der Waals surface area contributed by atoms with Gasteiger partial charge in [-0.15, -0.1) is 0 Å². The van der Waals surface area contributed by atoms with Crippen molar-refractivity contribution in [2.75, 3.05) is 24.2 Å². The second kappa shape index (κ2) is 12.7. The van der Waals surface area contributed by atoms with Crippen molar-refractivity contribution in [1.82, 2.24) is 10.2 Å². The number of nitrogens with zero attached hydrogens (tertiary/aromatic N) is 3. The lowest BCUT2D eigenvalue weighted by molar-refractivity contribution is -0.384. The number of benzene rings is 3. The molecule has 0 fully saturated rings. The fourth-order valence-corrected chi connectivity index (χ4v) is 5.20. The number of non-ortho nitro benzene ring substituents is 1. The Morgan fingerprint density at radius 1 is 1.05 bits per heavy atom. The number of hydrogen-bond acceptors (Lipinski definition) is 6. The molecule has 0 aliphatic carbocycles. The first-order valence-corrected chi connectivity index (χ1v) is 14.2. The third kappa shape index (κ3) is 7.55. The van der Waals surface area contributed by atoms with Gasteiger partial charge in [0.05, 0.1) is 16.9 Å². The highest BCUT2D eigenvalue weighted by Gasteiger charge is 2.33. The van der Waals surface area contributed by atoms with E-state index >= 15 is 0 Å². The van der Waals surface area contributed by atoms with E-state index in [2.05, 4.69) is 5.32 Å². The Bertz CT molecular complexity index is 1470. The lowest BCUT2D eigenvalue weighted by Crippen LogP contribution is -2.53. The van der Waals surface area contributed by atoms with Crippen molar-refractivity contribution in [3.63, 3.8) is 0 Å². The highest BCUT2D eigenvalue weighted by Crippen LogP contribution is 2.28. The number of carbonyl (C=O) groups excluding carboxylic acids is 2. The lowest BCUT2D eigenvalue weighted by atomic mass is 10.0. The highest BCUT2D eigenvalue weighted by molar-refractivity contribution is 7.92. The Balaban J connectivity index is 2.09. The first kappa shape index (κ1) is 29.6. The van der Waals surface area contributed by atoms with Crippen LogP contribution >= 0.6 is 11.6 Å². The van der Waals surface area contributed by atoms with Gasteiger partial charge in [0.2, 0.25) is 21.8 Å². The molecule has 10 nitrogen and oxygen atoms in total. The van der Waals surface area contributed by atoms with Crippen molar-refractivity contribution >= 4 is 44.8 Å². The SMILES string of the molecule is CNC(=O)C(Cc1ccccc1)N(Cc1ccccc1Cl)C(=O)CN(c1cc([N+](=O)[O-])ccc1C)S(C)(=O)=O. The summed E-state index contributed by atoms with van der Waals surface area (Å²) in [4.78, 5) is 39.1. The summed E-state index contributed by atoms with van der Waals surface area (Å²) < 4.78 is 26.6. The van der Waals surface area contributed by atoms with Gasteiger partial charge in [0.1, 0.15) is 12.6 Å². The van der Waals surface area contributed by atoms with Crippen molar-refractivity contribution < 1.29 is 22.9 Å². The first-order valence-electron chi connectivity index (χ1n) is 11.9. The number of hydrogen-bond donors (Lipinski definition) is 1. The van der Waals surface area contributed by atoms with E-state index in [1.807, 2.05) is 30.3 Å². The first-order chi connectivity index (χ1) is 18.4. The number of carbonyl (C=O) groups is 2. The molecule has 0 heterocycles. The van der Waals surface area contributed by atoms with Crippen LogP contribution < -0.4 is 9.62 Å². The summed E-state index contributed by atoms with van der Waals surface area (Å²) in [5, 5.41) is 14.3. The largest absolute Gasteiger partial charge is 0.357 e. The van der Waals surface area contributed by atoms with Gasteiger partial charge < -0.3 is 10.2 Å². The molecule has 0 saturated heterocycles. The molecule has 0 radical (unpaired) electrons. The van der Waals surface area contributed by atoms with Crippen molar-refractivity contribution in [1.29, 1.82) is 0 Å². The van der Waals surface area contributed by atoms with E-state index in [4.69, 9.17) is 11.6 Å². The maximum atomic E-state index is 13.9. The quantitative estimate of drug-likeness (QED) is 0.275. The van der Waals surface area contributed by atoms with E-state index < -0.39 is 39.3 Å². The minimum absolute atomic E-state index is 0.00250. The highest BCUT2D eigenvalue weighted by atomic mass is 35.5. The molecule has 0 aliphatic heterocycles. The standard InChI is InChI=1S/C27H29ClN4O6S/c1-19-13-14-22(32(35)36)16-24(19)31(39(3,37)38)18-26(33)30(17-21-11-7-8-12-23(21)28)25(27(34)29-2)15-20-9-5-4-6-10-20/h4-14,16,25H,15,17-18H2,1-3H3,(H,29,34). The average Bonchev–Trinajstić information content (AvgIpc) is 2.90. The number of nitro benzene ring substituents is 1. The van der Waals surface area contributed by atoms with E-state index in [1.165, 1.54) is 24.1 Å². The molecule has 3 aromatic rings. The van der Waals surface area contributed by atoms with Crippen LogP contribution in [0.4, 0.5) is 11.4 Å². The Kier molecular flexibility index (Phi) is 9.66. The zero-order chi connectivity index (χ0) is 28.7. The van der Waals surface area contributed by atoms with Crippen LogP contribution in [-0.4, -0.2) is 55.9 Å². The fraction of sp³-hybridized carbons (Fsp3) is 0.259. The van der Waals surface area contributed by atoms with Gasteiger partial charge >= 0.3 is 0 Å². The molecule has 39 heavy (non-hydrogen) atoms. The van der Waals surface area contributed by atoms with Gasteiger partial charge in [-0.25, -0.2) is 8.42 Å². The molecule has 1 atom stereocenters. The number of halogens is 1. The minimum Gasteiger partial charge on any atom is -0.357 e. The van der Waals surface area contributed by atoms with Crippen LogP contribution in [0.1, 0.15) is 16.7 Å². The van der Waals surface area contributed by atoms with Crippen LogP contribution in [0.5, 0.6) is 0 Å². The summed E-state index contributed by atoms with van der Waals surface area (Å²) in [6, 6.07) is 18.7. The van der Waals surface area contributed by atoms with E-state index in [0.29, 0.717) is 16.1 Å². The Morgan fingerprint density at radius 3 is 2.28 bits per heavy atom. The van der Waals surface area contributed by atoms with Crippen LogP contribution in [0.25, 0.3) is 0 Å². The Morgan fingerprint density at radius 2 is 1.69 bits per heavy atom. The zero-order valence-electron chi connectivity index (χ0n) is 21.7. The zero-order valence-corrected chi connectivity index (χ0v) is 23.3. The molecule has 0 aliphatic rings. The predicted octanol–water partition coefficient (Wildman–Crippen LogP) is 3.71. The third-order valence-electron chi connectivity index (χ3n) is 6.17. The maximum absolute atomic E-state index is 13.9. The summed E-state index contributed by atoms with van der Waals surface area (Å²) in [6.45, 7) is 0.828. The topological polar surface area (TPSA) is 130 Å². The van der Waals surface area contributed by atoms with Gasteiger partial charge in [-0.05, 0) is 29.7 Å². The molecular formula is C27H29ClN4O6S. The van der Waals surface area contributed by atoms with Gasteiger partial charge in [-0.2, -0.15) is 0 Å².